The normalized spacial score (nSPS) is 10.6. The summed E-state index contributed by atoms with van der Waals surface area (Å²) in [6, 6.07) is 0. The number of nitrogens with zero attached hydrogens (tertiary/aromatic N) is 3. The molecule has 0 fully saturated rings. The third kappa shape index (κ3) is 1.70. The molecule has 0 aliphatic heterocycles. The van der Waals surface area contributed by atoms with Crippen LogP contribution in [0.5, 0.6) is 0 Å². The number of Topliss-reactive ketones (excluding diaryl/α,β-unsaturated/α-hetero) is 1. The summed E-state index contributed by atoms with van der Waals surface area (Å²) in [5.41, 5.74) is 2.58. The highest BCUT2D eigenvalue weighted by Crippen LogP contribution is 2.26. The summed E-state index contributed by atoms with van der Waals surface area (Å²) in [5.74, 6) is -0.000886. The lowest BCUT2D eigenvalue weighted by molar-refractivity contribution is 0.101. The van der Waals surface area contributed by atoms with Gasteiger partial charge in [-0.15, -0.1) is 11.3 Å². The van der Waals surface area contributed by atoms with Gasteiger partial charge in [0.15, 0.2) is 5.78 Å². The van der Waals surface area contributed by atoms with Crippen molar-refractivity contribution in [3.8, 4) is 10.6 Å². The molecule has 2 aromatic rings. The van der Waals surface area contributed by atoms with Crippen LogP contribution in [0.2, 0.25) is 0 Å². The molecule has 0 spiro atoms. The Morgan fingerprint density at radius 2 is 2.27 bits per heavy atom. The summed E-state index contributed by atoms with van der Waals surface area (Å²) in [7, 11) is 1.89. The first-order valence-corrected chi connectivity index (χ1v) is 5.43. The van der Waals surface area contributed by atoms with Crippen LogP contribution in [0.4, 0.5) is 0 Å². The summed E-state index contributed by atoms with van der Waals surface area (Å²) in [4.78, 5) is 15.4. The molecule has 78 valence electrons. The summed E-state index contributed by atoms with van der Waals surface area (Å²) < 4.78 is 1.80. The van der Waals surface area contributed by atoms with E-state index in [1.807, 2.05) is 14.0 Å². The van der Waals surface area contributed by atoms with Gasteiger partial charge in [0.25, 0.3) is 0 Å². The van der Waals surface area contributed by atoms with E-state index in [0.29, 0.717) is 5.69 Å². The minimum Gasteiger partial charge on any atom is -0.293 e. The van der Waals surface area contributed by atoms with Crippen LogP contribution in [-0.4, -0.2) is 20.5 Å². The number of aryl methyl sites for hydroxylation is 1. The van der Waals surface area contributed by atoms with Gasteiger partial charge >= 0.3 is 0 Å². The smallest absolute Gasteiger partial charge is 0.178 e. The van der Waals surface area contributed by atoms with Crippen LogP contribution in [0, 0.1) is 6.92 Å². The zero-order valence-electron chi connectivity index (χ0n) is 8.81. The maximum absolute atomic E-state index is 11.1. The molecule has 0 atom stereocenters. The van der Waals surface area contributed by atoms with Gasteiger partial charge in [0.05, 0.1) is 11.8 Å². The van der Waals surface area contributed by atoms with Gasteiger partial charge in [-0.05, 0) is 6.92 Å². The number of hydrogen-bond acceptors (Lipinski definition) is 4. The van der Waals surface area contributed by atoms with Crippen LogP contribution in [-0.2, 0) is 7.05 Å². The zero-order valence-corrected chi connectivity index (χ0v) is 9.63. The first-order valence-electron chi connectivity index (χ1n) is 4.55. The third-order valence-electron chi connectivity index (χ3n) is 2.33. The minimum absolute atomic E-state index is 0.000886. The SMILES string of the molecule is CC(=O)c1csc(-c2cnn(C)c2C)n1. The van der Waals surface area contributed by atoms with Gasteiger partial charge < -0.3 is 0 Å². The van der Waals surface area contributed by atoms with E-state index in [-0.39, 0.29) is 5.78 Å². The monoisotopic (exact) mass is 221 g/mol. The second-order valence-electron chi connectivity index (χ2n) is 3.36. The molecule has 4 nitrogen and oxygen atoms in total. The molecule has 0 saturated heterocycles. The van der Waals surface area contributed by atoms with Gasteiger partial charge in [-0.25, -0.2) is 4.98 Å². The molecule has 0 radical (unpaired) electrons. The Bertz CT molecular complexity index is 512. The van der Waals surface area contributed by atoms with Crippen LogP contribution in [0.15, 0.2) is 11.6 Å². The largest absolute Gasteiger partial charge is 0.293 e. The molecule has 0 unspecified atom stereocenters. The molecule has 2 rings (SSSR count). The summed E-state index contributed by atoms with van der Waals surface area (Å²) >= 11 is 1.47. The fourth-order valence-corrected chi connectivity index (χ4v) is 2.19. The number of rotatable bonds is 2. The average molecular weight is 221 g/mol. The molecule has 0 amide bonds. The van der Waals surface area contributed by atoms with Crippen molar-refractivity contribution in [2.75, 3.05) is 0 Å². The summed E-state index contributed by atoms with van der Waals surface area (Å²) in [6.07, 6.45) is 1.78. The maximum Gasteiger partial charge on any atom is 0.178 e. The number of hydrogen-bond donors (Lipinski definition) is 0. The first kappa shape index (κ1) is 10.0. The van der Waals surface area contributed by atoms with E-state index in [1.165, 1.54) is 18.3 Å². The Labute approximate surface area is 91.6 Å². The highest BCUT2D eigenvalue weighted by molar-refractivity contribution is 7.13. The molecule has 0 aliphatic rings. The van der Waals surface area contributed by atoms with Gasteiger partial charge in [0, 0.05) is 25.0 Å². The van der Waals surface area contributed by atoms with E-state index >= 15 is 0 Å². The number of thiazole rings is 1. The van der Waals surface area contributed by atoms with Crippen molar-refractivity contribution in [2.45, 2.75) is 13.8 Å². The van der Waals surface area contributed by atoms with Crippen LogP contribution >= 0.6 is 11.3 Å². The van der Waals surface area contributed by atoms with Gasteiger partial charge in [0.2, 0.25) is 0 Å². The molecule has 0 bridgehead atoms. The fraction of sp³-hybridized carbons (Fsp3) is 0.300. The zero-order chi connectivity index (χ0) is 11.0. The molecule has 15 heavy (non-hydrogen) atoms. The topological polar surface area (TPSA) is 47.8 Å². The van der Waals surface area contributed by atoms with Crippen LogP contribution in [0.1, 0.15) is 23.1 Å². The van der Waals surface area contributed by atoms with Crippen molar-refractivity contribution in [1.82, 2.24) is 14.8 Å². The Hall–Kier alpha value is -1.49. The van der Waals surface area contributed by atoms with Gasteiger partial charge in [-0.2, -0.15) is 5.10 Å². The number of carbonyl (C=O) groups is 1. The van der Waals surface area contributed by atoms with Gasteiger partial charge in [-0.3, -0.25) is 9.48 Å². The fourth-order valence-electron chi connectivity index (χ4n) is 1.27. The lowest BCUT2D eigenvalue weighted by Gasteiger charge is -1.95. The second-order valence-corrected chi connectivity index (χ2v) is 4.22. The number of aromatic nitrogens is 3. The van der Waals surface area contributed by atoms with E-state index in [1.54, 1.807) is 16.3 Å². The van der Waals surface area contributed by atoms with Crippen LogP contribution < -0.4 is 0 Å². The van der Waals surface area contributed by atoms with E-state index in [4.69, 9.17) is 0 Å². The molecular weight excluding hydrogens is 210 g/mol. The predicted octanol–water partition coefficient (Wildman–Crippen LogP) is 2.05. The van der Waals surface area contributed by atoms with E-state index < -0.39 is 0 Å². The average Bonchev–Trinajstić information content (AvgIpc) is 2.76. The minimum atomic E-state index is -0.000886. The van der Waals surface area contributed by atoms with Crippen molar-refractivity contribution >= 4 is 17.1 Å². The highest BCUT2D eigenvalue weighted by atomic mass is 32.1. The van der Waals surface area contributed by atoms with Crippen molar-refractivity contribution < 1.29 is 4.79 Å². The van der Waals surface area contributed by atoms with E-state index in [9.17, 15) is 4.79 Å². The quantitative estimate of drug-likeness (QED) is 0.729. The molecule has 2 heterocycles. The molecule has 0 N–H and O–H groups in total. The molecule has 0 aromatic carbocycles. The number of ketones is 1. The van der Waals surface area contributed by atoms with Crippen molar-refractivity contribution in [1.29, 1.82) is 0 Å². The predicted molar refractivity (Wildman–Crippen MR) is 59.1 cm³/mol. The Morgan fingerprint density at radius 1 is 1.53 bits per heavy atom. The summed E-state index contributed by atoms with van der Waals surface area (Å²) in [5, 5.41) is 6.78. The Balaban J connectivity index is 2.46. The Kier molecular flexibility index (Phi) is 2.40. The van der Waals surface area contributed by atoms with Crippen molar-refractivity contribution in [3.63, 3.8) is 0 Å². The van der Waals surface area contributed by atoms with Crippen molar-refractivity contribution in [3.05, 3.63) is 23.0 Å². The first-order chi connectivity index (χ1) is 7.09. The highest BCUT2D eigenvalue weighted by Gasteiger charge is 2.12. The van der Waals surface area contributed by atoms with Gasteiger partial charge in [0.1, 0.15) is 10.7 Å². The van der Waals surface area contributed by atoms with Crippen LogP contribution in [0.25, 0.3) is 10.6 Å². The Morgan fingerprint density at radius 3 is 2.73 bits per heavy atom. The van der Waals surface area contributed by atoms with Crippen LogP contribution in [0.3, 0.4) is 0 Å². The molecule has 5 heteroatoms. The lowest BCUT2D eigenvalue weighted by Crippen LogP contribution is -1.93. The number of carbonyl (C=O) groups excluding carboxylic acids is 1. The third-order valence-corrected chi connectivity index (χ3v) is 3.21. The van der Waals surface area contributed by atoms with E-state index in [2.05, 4.69) is 10.1 Å². The maximum atomic E-state index is 11.1. The van der Waals surface area contributed by atoms with Crippen molar-refractivity contribution in [2.24, 2.45) is 7.05 Å². The van der Waals surface area contributed by atoms with Gasteiger partial charge in [-0.1, -0.05) is 0 Å². The molecular formula is C10H11N3OS. The second kappa shape index (κ2) is 3.58. The molecule has 2 aromatic heterocycles. The molecule has 0 aliphatic carbocycles. The standard InChI is InChI=1S/C10H11N3OS/c1-6-8(4-11-13(6)3)10-12-9(5-15-10)7(2)14/h4-5H,1-3H3. The van der Waals surface area contributed by atoms with E-state index in [0.717, 1.165) is 16.3 Å². The lowest BCUT2D eigenvalue weighted by atomic mass is 10.3. The summed E-state index contributed by atoms with van der Waals surface area (Å²) in [6.45, 7) is 3.51. The molecule has 0 saturated carbocycles.